The smallest absolute Gasteiger partial charge is 0.266 e. The highest BCUT2D eigenvalue weighted by atomic mass is 16.5. The summed E-state index contributed by atoms with van der Waals surface area (Å²) in [5.41, 5.74) is 4.21. The molecule has 0 aliphatic heterocycles. The summed E-state index contributed by atoms with van der Waals surface area (Å²) in [5, 5.41) is 5.87. The van der Waals surface area contributed by atoms with Gasteiger partial charge in [-0.3, -0.25) is 9.79 Å². The number of nitrogens with one attached hydrogen (secondary N) is 2. The Labute approximate surface area is 150 Å². The van der Waals surface area contributed by atoms with Crippen molar-refractivity contribution < 1.29 is 9.53 Å². The van der Waals surface area contributed by atoms with E-state index >= 15 is 0 Å². The van der Waals surface area contributed by atoms with Gasteiger partial charge in [0.2, 0.25) is 0 Å². The molecule has 0 heterocycles. The maximum Gasteiger partial charge on any atom is 0.266 e. The molecule has 0 aliphatic carbocycles. The number of amides is 1. The summed E-state index contributed by atoms with van der Waals surface area (Å²) in [6, 6.07) is 7.96. The first kappa shape index (κ1) is 20.6. The van der Waals surface area contributed by atoms with Crippen LogP contribution in [-0.4, -0.2) is 45.0 Å². The molecule has 1 aromatic rings. The predicted molar refractivity (Wildman–Crippen MR) is 105 cm³/mol. The number of hydrogen-bond donors (Lipinski definition) is 2. The van der Waals surface area contributed by atoms with Crippen molar-refractivity contribution in [2.75, 3.05) is 33.4 Å². The lowest BCUT2D eigenvalue weighted by molar-refractivity contribution is -0.117. The van der Waals surface area contributed by atoms with Gasteiger partial charge in [-0.25, -0.2) is 0 Å². The van der Waals surface area contributed by atoms with Crippen molar-refractivity contribution in [3.8, 4) is 0 Å². The highest BCUT2D eigenvalue weighted by Crippen LogP contribution is 2.17. The Morgan fingerprint density at radius 3 is 2.48 bits per heavy atom. The van der Waals surface area contributed by atoms with E-state index in [9.17, 15) is 4.79 Å². The van der Waals surface area contributed by atoms with Gasteiger partial charge >= 0.3 is 0 Å². The quantitative estimate of drug-likeness (QED) is 0.369. The molecule has 0 saturated heterocycles. The first-order valence-corrected chi connectivity index (χ1v) is 8.50. The van der Waals surface area contributed by atoms with E-state index in [0.717, 1.165) is 28.8 Å². The van der Waals surface area contributed by atoms with E-state index < -0.39 is 0 Å². The molecule has 25 heavy (non-hydrogen) atoms. The molecule has 1 rings (SSSR count). The fourth-order valence-corrected chi connectivity index (χ4v) is 2.30. The maximum absolute atomic E-state index is 12.0. The van der Waals surface area contributed by atoms with Crippen LogP contribution in [0.2, 0.25) is 0 Å². The fourth-order valence-electron chi connectivity index (χ4n) is 2.30. The minimum absolute atomic E-state index is 0.208. The average Bonchev–Trinajstić information content (AvgIpc) is 2.61. The molecular weight excluding hydrogens is 314 g/mol. The minimum Gasteiger partial charge on any atom is -0.382 e. The summed E-state index contributed by atoms with van der Waals surface area (Å²) in [6.45, 7) is 14.0. The second-order valence-corrected chi connectivity index (χ2v) is 5.63. The molecule has 0 spiro atoms. The summed E-state index contributed by atoms with van der Waals surface area (Å²) in [7, 11) is 1.74. The van der Waals surface area contributed by atoms with Crippen LogP contribution in [0.5, 0.6) is 0 Å². The lowest BCUT2D eigenvalue weighted by Crippen LogP contribution is -2.34. The fraction of sp³-hybridized carbons (Fsp3) is 0.400. The van der Waals surface area contributed by atoms with E-state index in [-0.39, 0.29) is 5.91 Å². The molecule has 0 saturated carbocycles. The van der Waals surface area contributed by atoms with Gasteiger partial charge in [-0.2, -0.15) is 0 Å². The lowest BCUT2D eigenvalue weighted by atomic mass is 9.98. The first-order chi connectivity index (χ1) is 12.0. The SMILES string of the molecule is C=C(NC/C(=N/C)c1ccccc1C(=C)C)C(=O)NCCCOCC. The van der Waals surface area contributed by atoms with Gasteiger partial charge in [-0.05, 0) is 25.8 Å². The monoisotopic (exact) mass is 343 g/mol. The number of benzene rings is 1. The van der Waals surface area contributed by atoms with E-state index in [1.54, 1.807) is 7.05 Å². The Morgan fingerprint density at radius 1 is 1.20 bits per heavy atom. The van der Waals surface area contributed by atoms with Gasteiger partial charge < -0.3 is 15.4 Å². The number of rotatable bonds is 11. The number of nitrogens with zero attached hydrogens (tertiary/aromatic N) is 1. The number of carbonyl (C=O) groups excluding carboxylic acids is 1. The number of aliphatic imine (C=N–C) groups is 1. The normalized spacial score (nSPS) is 11.1. The van der Waals surface area contributed by atoms with Gasteiger partial charge in [0.05, 0.1) is 18.0 Å². The third kappa shape index (κ3) is 6.93. The van der Waals surface area contributed by atoms with Crippen LogP contribution in [0, 0.1) is 0 Å². The average molecular weight is 343 g/mol. The molecule has 0 bridgehead atoms. The Kier molecular flexibility index (Phi) is 9.25. The zero-order valence-corrected chi connectivity index (χ0v) is 15.5. The van der Waals surface area contributed by atoms with Gasteiger partial charge in [0, 0.05) is 32.4 Å². The van der Waals surface area contributed by atoms with Gasteiger partial charge in [-0.15, -0.1) is 0 Å². The summed E-state index contributed by atoms with van der Waals surface area (Å²) in [5.74, 6) is -0.208. The molecule has 136 valence electrons. The zero-order chi connectivity index (χ0) is 18.7. The van der Waals surface area contributed by atoms with Crippen LogP contribution in [0.4, 0.5) is 0 Å². The van der Waals surface area contributed by atoms with E-state index in [0.29, 0.717) is 32.0 Å². The highest BCUT2D eigenvalue weighted by Gasteiger charge is 2.11. The van der Waals surface area contributed by atoms with Crippen LogP contribution in [0.15, 0.2) is 48.1 Å². The Hall–Kier alpha value is -2.40. The molecule has 0 atom stereocenters. The number of carbonyl (C=O) groups is 1. The van der Waals surface area contributed by atoms with E-state index in [4.69, 9.17) is 4.74 Å². The molecule has 2 N–H and O–H groups in total. The first-order valence-electron chi connectivity index (χ1n) is 8.50. The molecular formula is C20H29N3O2. The van der Waals surface area contributed by atoms with Crippen molar-refractivity contribution in [1.29, 1.82) is 0 Å². The van der Waals surface area contributed by atoms with E-state index in [2.05, 4.69) is 28.8 Å². The van der Waals surface area contributed by atoms with Crippen LogP contribution in [-0.2, 0) is 9.53 Å². The third-order valence-corrected chi connectivity index (χ3v) is 3.67. The van der Waals surface area contributed by atoms with Crippen LogP contribution in [0.3, 0.4) is 0 Å². The van der Waals surface area contributed by atoms with Gasteiger partial charge in [0.1, 0.15) is 0 Å². The molecule has 0 unspecified atom stereocenters. The summed E-state index contributed by atoms with van der Waals surface area (Å²) >= 11 is 0. The van der Waals surface area contributed by atoms with Crippen molar-refractivity contribution in [3.05, 3.63) is 54.2 Å². The summed E-state index contributed by atoms with van der Waals surface area (Å²) < 4.78 is 5.24. The number of ether oxygens (including phenoxy) is 1. The van der Waals surface area contributed by atoms with Crippen molar-refractivity contribution in [3.63, 3.8) is 0 Å². The summed E-state index contributed by atoms with van der Waals surface area (Å²) in [6.07, 6.45) is 0.778. The standard InChI is InChI=1S/C20H29N3O2/c1-6-25-13-9-12-22-20(24)16(4)23-14-19(21-5)18-11-8-7-10-17(18)15(2)3/h7-8,10-11,23H,2,4,6,9,12-14H2,1,3,5H3,(H,22,24)/b21-19-. The number of hydrogen-bond acceptors (Lipinski definition) is 4. The van der Waals surface area contributed by atoms with Gasteiger partial charge in [-0.1, -0.05) is 43.0 Å². The molecule has 0 aromatic heterocycles. The highest BCUT2D eigenvalue weighted by molar-refractivity contribution is 6.06. The lowest BCUT2D eigenvalue weighted by Gasteiger charge is -2.14. The molecule has 0 radical (unpaired) electrons. The molecule has 5 nitrogen and oxygen atoms in total. The largest absolute Gasteiger partial charge is 0.382 e. The zero-order valence-electron chi connectivity index (χ0n) is 15.5. The predicted octanol–water partition coefficient (Wildman–Crippen LogP) is 2.78. The topological polar surface area (TPSA) is 62.7 Å². The molecule has 5 heteroatoms. The number of allylic oxidation sites excluding steroid dienone is 1. The molecule has 0 aliphatic rings. The van der Waals surface area contributed by atoms with Crippen LogP contribution in [0.1, 0.15) is 31.4 Å². The van der Waals surface area contributed by atoms with E-state index in [1.807, 2.05) is 38.1 Å². The Bertz CT molecular complexity index is 636. The van der Waals surface area contributed by atoms with Gasteiger partial charge in [0.15, 0.2) is 0 Å². The van der Waals surface area contributed by atoms with Gasteiger partial charge in [0.25, 0.3) is 5.91 Å². The third-order valence-electron chi connectivity index (χ3n) is 3.67. The molecule has 0 fully saturated rings. The Balaban J connectivity index is 2.56. The second-order valence-electron chi connectivity index (χ2n) is 5.63. The van der Waals surface area contributed by atoms with Crippen molar-refractivity contribution in [2.45, 2.75) is 20.3 Å². The van der Waals surface area contributed by atoms with Crippen molar-refractivity contribution >= 4 is 17.2 Å². The second kappa shape index (κ2) is 11.2. The van der Waals surface area contributed by atoms with E-state index in [1.165, 1.54) is 0 Å². The Morgan fingerprint density at radius 2 is 1.88 bits per heavy atom. The van der Waals surface area contributed by atoms with Crippen LogP contribution >= 0.6 is 0 Å². The van der Waals surface area contributed by atoms with Crippen LogP contribution < -0.4 is 10.6 Å². The van der Waals surface area contributed by atoms with Crippen molar-refractivity contribution in [1.82, 2.24) is 10.6 Å². The molecule has 1 amide bonds. The van der Waals surface area contributed by atoms with Crippen LogP contribution in [0.25, 0.3) is 5.57 Å². The summed E-state index contributed by atoms with van der Waals surface area (Å²) in [4.78, 5) is 16.4. The maximum atomic E-state index is 12.0. The van der Waals surface area contributed by atoms with Crippen molar-refractivity contribution in [2.24, 2.45) is 4.99 Å². The minimum atomic E-state index is -0.208. The molecule has 1 aromatic carbocycles.